The van der Waals surface area contributed by atoms with Gasteiger partial charge >= 0.3 is 0 Å². The minimum absolute atomic E-state index is 0.861. The van der Waals surface area contributed by atoms with Gasteiger partial charge in [-0.3, -0.25) is 4.68 Å². The second-order valence-electron chi connectivity index (χ2n) is 5.56. The van der Waals surface area contributed by atoms with Crippen molar-refractivity contribution in [1.29, 1.82) is 0 Å². The van der Waals surface area contributed by atoms with Gasteiger partial charge in [-0.2, -0.15) is 5.10 Å². The minimum Gasteiger partial charge on any atom is -0.384 e. The fourth-order valence-electron chi connectivity index (χ4n) is 2.61. The molecule has 1 aromatic rings. The molecule has 0 unspecified atom stereocenters. The van der Waals surface area contributed by atoms with Crippen molar-refractivity contribution in [2.24, 2.45) is 7.05 Å². The van der Waals surface area contributed by atoms with Crippen molar-refractivity contribution in [3.63, 3.8) is 0 Å². The molecule has 0 aliphatic carbocycles. The predicted octanol–water partition coefficient (Wildman–Crippen LogP) is 4.25. The lowest BCUT2D eigenvalue weighted by molar-refractivity contribution is 0.584. The summed E-state index contributed by atoms with van der Waals surface area (Å²) in [6, 6.07) is 0. The van der Waals surface area contributed by atoms with Gasteiger partial charge in [-0.1, -0.05) is 58.8 Å². The highest BCUT2D eigenvalue weighted by Gasteiger charge is 2.12. The lowest BCUT2D eigenvalue weighted by Gasteiger charge is -2.03. The molecule has 110 valence electrons. The van der Waals surface area contributed by atoms with E-state index < -0.39 is 0 Å². The van der Waals surface area contributed by atoms with E-state index in [1.807, 2.05) is 11.7 Å². The smallest absolute Gasteiger partial charge is 0.124 e. The van der Waals surface area contributed by atoms with E-state index in [-0.39, 0.29) is 0 Å². The summed E-state index contributed by atoms with van der Waals surface area (Å²) >= 11 is 0. The maximum absolute atomic E-state index is 6.08. The summed E-state index contributed by atoms with van der Waals surface area (Å²) in [5, 5.41) is 4.57. The van der Waals surface area contributed by atoms with E-state index in [9.17, 15) is 0 Å². The Balaban J connectivity index is 2.30. The first-order valence-corrected chi connectivity index (χ1v) is 8.00. The number of unbranched alkanes of at least 4 members (excludes halogenated alkanes) is 6. The van der Waals surface area contributed by atoms with Gasteiger partial charge in [0.15, 0.2) is 0 Å². The number of nitrogen functional groups attached to an aromatic ring is 1. The second-order valence-corrected chi connectivity index (χ2v) is 5.56. The summed E-state index contributed by atoms with van der Waals surface area (Å²) in [5.41, 5.74) is 8.60. The Bertz CT molecular complexity index is 355. The first-order chi connectivity index (χ1) is 9.20. The van der Waals surface area contributed by atoms with Gasteiger partial charge in [0, 0.05) is 12.6 Å². The van der Waals surface area contributed by atoms with Crippen LogP contribution in [0, 0.1) is 0 Å². The molecule has 1 aromatic heterocycles. The van der Waals surface area contributed by atoms with Crippen LogP contribution >= 0.6 is 0 Å². The SMILES string of the molecule is CCCCCCCCCc1nn(C)c(N)c1CCC. The Morgan fingerprint density at radius 2 is 1.53 bits per heavy atom. The van der Waals surface area contributed by atoms with Gasteiger partial charge in [-0.05, 0) is 19.3 Å². The maximum atomic E-state index is 6.08. The number of aromatic nitrogens is 2. The zero-order valence-electron chi connectivity index (χ0n) is 13.0. The molecule has 0 aromatic carbocycles. The van der Waals surface area contributed by atoms with Crippen molar-refractivity contribution in [2.45, 2.75) is 78.1 Å². The van der Waals surface area contributed by atoms with E-state index in [2.05, 4.69) is 18.9 Å². The van der Waals surface area contributed by atoms with Gasteiger partial charge < -0.3 is 5.73 Å². The Kier molecular flexibility index (Phi) is 7.61. The second kappa shape index (κ2) is 9.00. The number of anilines is 1. The molecule has 2 N–H and O–H groups in total. The van der Waals surface area contributed by atoms with Crippen molar-refractivity contribution in [2.75, 3.05) is 5.73 Å². The molecule has 0 bridgehead atoms. The quantitative estimate of drug-likeness (QED) is 0.643. The number of rotatable bonds is 10. The summed E-state index contributed by atoms with van der Waals surface area (Å²) in [4.78, 5) is 0. The van der Waals surface area contributed by atoms with Crippen LogP contribution in [-0.4, -0.2) is 9.78 Å². The largest absolute Gasteiger partial charge is 0.384 e. The average molecular weight is 265 g/mol. The fourth-order valence-corrected chi connectivity index (χ4v) is 2.61. The van der Waals surface area contributed by atoms with Crippen molar-refractivity contribution in [3.8, 4) is 0 Å². The van der Waals surface area contributed by atoms with Crippen LogP contribution in [0.1, 0.15) is 76.5 Å². The molecular weight excluding hydrogens is 234 g/mol. The van der Waals surface area contributed by atoms with Gasteiger partial charge in [0.05, 0.1) is 5.69 Å². The molecule has 0 radical (unpaired) electrons. The number of nitrogens with zero attached hydrogens (tertiary/aromatic N) is 2. The first-order valence-electron chi connectivity index (χ1n) is 8.00. The molecule has 0 atom stereocenters. The van der Waals surface area contributed by atoms with Crippen LogP contribution in [0.3, 0.4) is 0 Å². The molecule has 1 rings (SSSR count). The Labute approximate surface area is 118 Å². The third-order valence-corrected chi connectivity index (χ3v) is 3.79. The van der Waals surface area contributed by atoms with Crippen LogP contribution in [0.25, 0.3) is 0 Å². The van der Waals surface area contributed by atoms with Crippen molar-refractivity contribution >= 4 is 5.82 Å². The van der Waals surface area contributed by atoms with E-state index >= 15 is 0 Å². The van der Waals surface area contributed by atoms with Gasteiger partial charge in [-0.15, -0.1) is 0 Å². The molecule has 0 fully saturated rings. The van der Waals surface area contributed by atoms with E-state index in [4.69, 9.17) is 5.73 Å². The Hall–Kier alpha value is -0.990. The average Bonchev–Trinajstić information content (AvgIpc) is 2.66. The zero-order valence-corrected chi connectivity index (χ0v) is 13.0. The van der Waals surface area contributed by atoms with E-state index in [0.29, 0.717) is 0 Å². The summed E-state index contributed by atoms with van der Waals surface area (Å²) in [7, 11) is 1.95. The normalized spacial score (nSPS) is 11.1. The van der Waals surface area contributed by atoms with Crippen LogP contribution in [0.5, 0.6) is 0 Å². The fraction of sp³-hybridized carbons (Fsp3) is 0.812. The van der Waals surface area contributed by atoms with Crippen LogP contribution in [-0.2, 0) is 19.9 Å². The predicted molar refractivity (Wildman–Crippen MR) is 83.3 cm³/mol. The zero-order chi connectivity index (χ0) is 14.1. The number of hydrogen-bond acceptors (Lipinski definition) is 2. The van der Waals surface area contributed by atoms with Crippen LogP contribution in [0.4, 0.5) is 5.82 Å². The Morgan fingerprint density at radius 3 is 2.16 bits per heavy atom. The highest BCUT2D eigenvalue weighted by Crippen LogP contribution is 2.20. The third kappa shape index (κ3) is 5.25. The molecule has 19 heavy (non-hydrogen) atoms. The monoisotopic (exact) mass is 265 g/mol. The van der Waals surface area contributed by atoms with Crippen molar-refractivity contribution in [3.05, 3.63) is 11.3 Å². The highest BCUT2D eigenvalue weighted by molar-refractivity contribution is 5.43. The molecule has 0 spiro atoms. The number of aryl methyl sites for hydroxylation is 2. The van der Waals surface area contributed by atoms with Gasteiger partial charge in [0.25, 0.3) is 0 Å². The molecule has 0 aliphatic rings. The summed E-state index contributed by atoms with van der Waals surface area (Å²) in [5.74, 6) is 0.861. The molecule has 0 saturated heterocycles. The summed E-state index contributed by atoms with van der Waals surface area (Å²) in [6.45, 7) is 4.46. The molecule has 0 saturated carbocycles. The van der Waals surface area contributed by atoms with Crippen LogP contribution in [0.15, 0.2) is 0 Å². The number of nitrogens with two attached hydrogens (primary N) is 1. The van der Waals surface area contributed by atoms with Crippen molar-refractivity contribution < 1.29 is 0 Å². The minimum atomic E-state index is 0.861. The van der Waals surface area contributed by atoms with Gasteiger partial charge in [0.1, 0.15) is 5.82 Å². The van der Waals surface area contributed by atoms with E-state index in [1.165, 1.54) is 56.2 Å². The van der Waals surface area contributed by atoms with Gasteiger partial charge in [-0.25, -0.2) is 0 Å². The lowest BCUT2D eigenvalue weighted by Crippen LogP contribution is -1.99. The molecule has 0 amide bonds. The van der Waals surface area contributed by atoms with Crippen molar-refractivity contribution in [1.82, 2.24) is 9.78 Å². The maximum Gasteiger partial charge on any atom is 0.124 e. The molecule has 3 nitrogen and oxygen atoms in total. The Morgan fingerprint density at radius 1 is 0.895 bits per heavy atom. The third-order valence-electron chi connectivity index (χ3n) is 3.79. The number of hydrogen-bond donors (Lipinski definition) is 1. The molecule has 3 heteroatoms. The summed E-state index contributed by atoms with van der Waals surface area (Å²) < 4.78 is 1.83. The van der Waals surface area contributed by atoms with Crippen LogP contribution < -0.4 is 5.73 Å². The molecule has 1 heterocycles. The summed E-state index contributed by atoms with van der Waals surface area (Å²) in [6.07, 6.45) is 12.7. The first kappa shape index (κ1) is 16.1. The molecule has 0 aliphatic heterocycles. The van der Waals surface area contributed by atoms with E-state index in [0.717, 1.165) is 25.1 Å². The topological polar surface area (TPSA) is 43.8 Å². The highest BCUT2D eigenvalue weighted by atomic mass is 15.3. The van der Waals surface area contributed by atoms with Crippen LogP contribution in [0.2, 0.25) is 0 Å². The molecular formula is C16H31N3. The lowest BCUT2D eigenvalue weighted by atomic mass is 10.0. The van der Waals surface area contributed by atoms with Gasteiger partial charge in [0.2, 0.25) is 0 Å². The standard InChI is InChI=1S/C16H31N3/c1-4-6-7-8-9-10-11-13-15-14(12-5-2)16(17)19(3)18-15/h4-13,17H2,1-3H3. The van der Waals surface area contributed by atoms with E-state index in [1.54, 1.807) is 0 Å².